The summed E-state index contributed by atoms with van der Waals surface area (Å²) >= 11 is 0. The summed E-state index contributed by atoms with van der Waals surface area (Å²) in [6.07, 6.45) is 14.2. The monoisotopic (exact) mass is 761 g/mol. The van der Waals surface area contributed by atoms with Crippen molar-refractivity contribution < 1.29 is 0 Å². The molecule has 0 radical (unpaired) electrons. The number of anilines is 2. The van der Waals surface area contributed by atoms with Gasteiger partial charge in [0.25, 0.3) is 0 Å². The van der Waals surface area contributed by atoms with Crippen LogP contribution < -0.4 is 4.90 Å². The number of rotatable bonds is 2. The van der Waals surface area contributed by atoms with Gasteiger partial charge in [0.15, 0.2) is 0 Å². The van der Waals surface area contributed by atoms with Crippen LogP contribution >= 0.6 is 0 Å². The van der Waals surface area contributed by atoms with Gasteiger partial charge in [-0.1, -0.05) is 182 Å². The highest BCUT2D eigenvalue weighted by Crippen LogP contribution is 2.66. The third-order valence-electron chi connectivity index (χ3n) is 15.1. The van der Waals surface area contributed by atoms with E-state index in [2.05, 4.69) is 218 Å². The second kappa shape index (κ2) is 11.5. The molecule has 14 rings (SSSR count). The largest absolute Gasteiger partial charge is 0.345 e. The summed E-state index contributed by atoms with van der Waals surface area (Å²) in [5.41, 5.74) is 23.5. The average Bonchev–Trinajstić information content (AvgIpc) is 4.00. The highest BCUT2D eigenvalue weighted by atomic mass is 15.1. The van der Waals surface area contributed by atoms with E-state index in [-0.39, 0.29) is 0 Å². The fourth-order valence-corrected chi connectivity index (χ4v) is 12.7. The first kappa shape index (κ1) is 32.7. The van der Waals surface area contributed by atoms with Crippen LogP contribution in [0.5, 0.6) is 0 Å². The predicted molar refractivity (Wildman–Crippen MR) is 248 cm³/mol. The maximum absolute atomic E-state index is 2.53. The Balaban J connectivity index is 0.986. The van der Waals surface area contributed by atoms with E-state index < -0.39 is 10.8 Å². The molecule has 6 aliphatic carbocycles. The first-order valence-electron chi connectivity index (χ1n) is 21.4. The zero-order valence-corrected chi connectivity index (χ0v) is 33.2. The quantitative estimate of drug-likeness (QED) is 0.170. The predicted octanol–water partition coefficient (Wildman–Crippen LogP) is 14.0. The molecule has 2 spiro atoms. The zero-order valence-electron chi connectivity index (χ0n) is 33.2. The third-order valence-corrected chi connectivity index (χ3v) is 15.1. The molecule has 0 amide bonds. The summed E-state index contributed by atoms with van der Waals surface area (Å²) in [6.45, 7) is 0. The molecule has 0 bridgehead atoms. The highest BCUT2D eigenvalue weighted by molar-refractivity contribution is 6.06. The molecule has 0 saturated carbocycles. The Hall–Kier alpha value is -7.22. The molecule has 8 aromatic carbocycles. The van der Waals surface area contributed by atoms with Crippen molar-refractivity contribution in [2.45, 2.75) is 10.8 Å². The third kappa shape index (κ3) is 3.77. The molecule has 0 saturated heterocycles. The molecular formula is C59H39N. The zero-order chi connectivity index (χ0) is 39.3. The van der Waals surface area contributed by atoms with Crippen LogP contribution in [0.2, 0.25) is 0 Å². The molecule has 6 aliphatic rings. The minimum Gasteiger partial charge on any atom is -0.345 e. The number of fused-ring (bicyclic) bond motifs is 23. The molecule has 3 unspecified atom stereocenters. The Labute approximate surface area is 350 Å². The van der Waals surface area contributed by atoms with Gasteiger partial charge >= 0.3 is 0 Å². The molecule has 0 heterocycles. The van der Waals surface area contributed by atoms with E-state index in [0.717, 1.165) is 0 Å². The summed E-state index contributed by atoms with van der Waals surface area (Å²) in [5, 5.41) is 2.60. The van der Waals surface area contributed by atoms with Gasteiger partial charge in [-0.2, -0.15) is 0 Å². The number of hydrogen-bond acceptors (Lipinski definition) is 1. The van der Waals surface area contributed by atoms with Crippen molar-refractivity contribution in [3.05, 3.63) is 256 Å². The lowest BCUT2D eigenvalue weighted by Gasteiger charge is -2.34. The van der Waals surface area contributed by atoms with Gasteiger partial charge in [-0.3, -0.25) is 0 Å². The van der Waals surface area contributed by atoms with Gasteiger partial charge in [-0.05, 0) is 124 Å². The normalized spacial score (nSPS) is 20.7. The molecule has 0 N–H and O–H groups in total. The number of hydrogen-bond donors (Lipinski definition) is 0. The van der Waals surface area contributed by atoms with Crippen molar-refractivity contribution in [1.29, 1.82) is 0 Å². The van der Waals surface area contributed by atoms with Crippen molar-refractivity contribution in [3.63, 3.8) is 0 Å². The summed E-state index contributed by atoms with van der Waals surface area (Å²) in [5.74, 6) is 0.665. The van der Waals surface area contributed by atoms with Crippen LogP contribution in [0.4, 0.5) is 11.4 Å². The van der Waals surface area contributed by atoms with Crippen molar-refractivity contribution >= 4 is 27.7 Å². The van der Waals surface area contributed by atoms with Gasteiger partial charge in [-0.25, -0.2) is 0 Å². The summed E-state index contributed by atoms with van der Waals surface area (Å²) in [7, 11) is 2.26. The minimum absolute atomic E-state index is 0.306. The van der Waals surface area contributed by atoms with E-state index >= 15 is 0 Å². The standard InChI is InChI=1S/C59H39N/c1-60(38-28-30-45-44-20-8-12-24-50(44)59(54(45)34-38)51-25-13-9-21-46(51)56-40-16-4-2-14-36(40)26-32-52(56)59)39-29-31-47-55(35-39)58(53-33-27-37-15-3-5-17-41(37)57(47)53)48-22-10-6-18-42(48)43-19-7-11-23-49(43)58/h2-35,37,41H,1H3. The molecule has 0 aromatic heterocycles. The van der Waals surface area contributed by atoms with Crippen LogP contribution in [0.15, 0.2) is 212 Å². The van der Waals surface area contributed by atoms with Crippen LogP contribution in [-0.4, -0.2) is 7.05 Å². The van der Waals surface area contributed by atoms with E-state index in [1.165, 1.54) is 111 Å². The van der Waals surface area contributed by atoms with E-state index in [9.17, 15) is 0 Å². The topological polar surface area (TPSA) is 3.24 Å². The summed E-state index contributed by atoms with van der Waals surface area (Å²) in [6, 6.07) is 64.9. The maximum Gasteiger partial charge on any atom is 0.0726 e. The summed E-state index contributed by atoms with van der Waals surface area (Å²) < 4.78 is 0. The van der Waals surface area contributed by atoms with E-state index in [1.54, 1.807) is 0 Å². The van der Waals surface area contributed by atoms with Gasteiger partial charge in [0.2, 0.25) is 0 Å². The Morgan fingerprint density at radius 3 is 1.65 bits per heavy atom. The van der Waals surface area contributed by atoms with Gasteiger partial charge in [0.1, 0.15) is 0 Å². The molecule has 1 nitrogen and oxygen atoms in total. The first-order valence-corrected chi connectivity index (χ1v) is 21.4. The molecule has 280 valence electrons. The molecular weight excluding hydrogens is 723 g/mol. The Morgan fingerprint density at radius 1 is 0.417 bits per heavy atom. The molecule has 60 heavy (non-hydrogen) atoms. The van der Waals surface area contributed by atoms with Crippen molar-refractivity contribution in [1.82, 2.24) is 0 Å². The first-order chi connectivity index (χ1) is 29.7. The lowest BCUT2D eigenvalue weighted by molar-refractivity contribution is 0.665. The molecule has 0 fully saturated rings. The van der Waals surface area contributed by atoms with E-state index in [0.29, 0.717) is 11.8 Å². The average molecular weight is 762 g/mol. The fourth-order valence-electron chi connectivity index (χ4n) is 12.7. The van der Waals surface area contributed by atoms with Gasteiger partial charge in [-0.15, -0.1) is 0 Å². The van der Waals surface area contributed by atoms with Crippen LogP contribution in [0.1, 0.15) is 44.5 Å². The Bertz CT molecular complexity index is 3320. The van der Waals surface area contributed by atoms with Crippen LogP contribution in [0, 0.1) is 11.8 Å². The molecule has 1 heteroatoms. The number of allylic oxidation sites excluding steroid dienone is 8. The van der Waals surface area contributed by atoms with Crippen LogP contribution in [0.3, 0.4) is 0 Å². The fraction of sp³-hybridized carbons (Fsp3) is 0.0847. The summed E-state index contributed by atoms with van der Waals surface area (Å²) in [4.78, 5) is 2.43. The van der Waals surface area contributed by atoms with Gasteiger partial charge in [0.05, 0.1) is 10.8 Å². The number of benzene rings is 8. The molecule has 8 aromatic rings. The van der Waals surface area contributed by atoms with Gasteiger partial charge < -0.3 is 4.90 Å². The van der Waals surface area contributed by atoms with Crippen molar-refractivity contribution in [3.8, 4) is 33.4 Å². The van der Waals surface area contributed by atoms with Crippen LogP contribution in [-0.2, 0) is 10.8 Å². The van der Waals surface area contributed by atoms with Crippen molar-refractivity contribution in [2.75, 3.05) is 11.9 Å². The van der Waals surface area contributed by atoms with Crippen LogP contribution in [0.25, 0.3) is 49.7 Å². The maximum atomic E-state index is 2.53. The highest BCUT2D eigenvalue weighted by Gasteiger charge is 2.55. The van der Waals surface area contributed by atoms with E-state index in [1.807, 2.05) is 0 Å². The number of nitrogens with zero attached hydrogens (tertiary/aromatic N) is 1. The molecule has 3 atom stereocenters. The van der Waals surface area contributed by atoms with E-state index in [4.69, 9.17) is 0 Å². The Kier molecular flexibility index (Phi) is 6.27. The lowest BCUT2D eigenvalue weighted by atomic mass is 9.67. The second-order valence-corrected chi connectivity index (χ2v) is 17.5. The lowest BCUT2D eigenvalue weighted by Crippen LogP contribution is -2.28. The van der Waals surface area contributed by atoms with Crippen molar-refractivity contribution in [2.24, 2.45) is 11.8 Å². The SMILES string of the molecule is CN(c1ccc2c(c1)C1(C3=C2C2C=CC=CC2C=C3)c2ccccc2-c2ccccc21)c1ccc2c(c1)C1(c3ccccc3-2)c2ccccc2-c2c1ccc1ccccc21. The van der Waals surface area contributed by atoms with Gasteiger partial charge in [0, 0.05) is 30.3 Å². The minimum atomic E-state index is -0.425. The Morgan fingerprint density at radius 2 is 0.950 bits per heavy atom. The second-order valence-electron chi connectivity index (χ2n) is 17.5. The molecule has 0 aliphatic heterocycles. The smallest absolute Gasteiger partial charge is 0.0726 e.